The second-order valence-corrected chi connectivity index (χ2v) is 8.40. The summed E-state index contributed by atoms with van der Waals surface area (Å²) in [6.07, 6.45) is -0.647. The predicted octanol–water partition coefficient (Wildman–Crippen LogP) is 0.358. The number of nitrogens with one attached hydrogen (secondary N) is 1. The molecule has 0 spiro atoms. The highest BCUT2D eigenvalue weighted by atomic mass is 32.2. The van der Waals surface area contributed by atoms with Gasteiger partial charge in [0.1, 0.15) is 29.4 Å². The van der Waals surface area contributed by atoms with E-state index >= 15 is 0 Å². The number of hydrogen-bond donors (Lipinski definition) is 4. The number of aliphatic carboxylic acids is 1. The maximum Gasteiger partial charge on any atom is 0.327 e. The number of benzene rings is 1. The number of thioether (sulfide) groups is 1. The molecule has 4 unspecified atom stereocenters. The standard InChI is InChI=1S/C16H20N2O5S/c1-16(2)12(15(22)23)18-13(21)11(14(18)24-16)17-10(20)7-8-3-5-9(19)6-4-8/h3-6,10-12,14,17,19-20H,7H2,1-2H3,(H,22,23). The minimum absolute atomic E-state index is 0.148. The van der Waals surface area contributed by atoms with Crippen LogP contribution < -0.4 is 5.32 Å². The molecule has 0 bridgehead atoms. The molecule has 0 radical (unpaired) electrons. The average Bonchev–Trinajstić information content (AvgIpc) is 2.76. The van der Waals surface area contributed by atoms with Gasteiger partial charge in [-0.25, -0.2) is 4.79 Å². The van der Waals surface area contributed by atoms with E-state index in [4.69, 9.17) is 0 Å². The number of fused-ring (bicyclic) bond motifs is 1. The van der Waals surface area contributed by atoms with Crippen LogP contribution in [0.5, 0.6) is 5.75 Å². The maximum absolute atomic E-state index is 12.3. The molecule has 2 fully saturated rings. The van der Waals surface area contributed by atoms with E-state index in [2.05, 4.69) is 5.32 Å². The molecule has 0 aliphatic carbocycles. The number of amides is 1. The van der Waals surface area contributed by atoms with E-state index in [0.29, 0.717) is 0 Å². The van der Waals surface area contributed by atoms with E-state index in [9.17, 15) is 24.9 Å². The number of phenolic OH excluding ortho intramolecular Hbond substituents is 1. The van der Waals surface area contributed by atoms with Crippen LogP contribution in [0.3, 0.4) is 0 Å². The number of β-lactam (4-membered cyclic amide) rings is 1. The van der Waals surface area contributed by atoms with Gasteiger partial charge >= 0.3 is 5.97 Å². The van der Waals surface area contributed by atoms with E-state index < -0.39 is 29.0 Å². The zero-order chi connectivity index (χ0) is 17.6. The van der Waals surface area contributed by atoms with E-state index in [1.165, 1.54) is 28.8 Å². The van der Waals surface area contributed by atoms with Crippen molar-refractivity contribution in [1.29, 1.82) is 0 Å². The molecule has 8 heteroatoms. The lowest BCUT2D eigenvalue weighted by atomic mass is 9.96. The summed E-state index contributed by atoms with van der Waals surface area (Å²) < 4.78 is -0.579. The van der Waals surface area contributed by atoms with E-state index in [1.807, 2.05) is 13.8 Å². The SMILES string of the molecule is CC1(C)SC2C(NC(O)Cc3ccc(O)cc3)C(=O)N2C1C(=O)O. The second kappa shape index (κ2) is 5.94. The first-order valence-corrected chi connectivity index (χ1v) is 8.53. The zero-order valence-electron chi connectivity index (χ0n) is 13.3. The van der Waals surface area contributed by atoms with E-state index in [-0.39, 0.29) is 23.5 Å². The van der Waals surface area contributed by atoms with Crippen molar-refractivity contribution in [3.63, 3.8) is 0 Å². The number of aliphatic hydroxyl groups excluding tert-OH is 1. The normalized spacial score (nSPS) is 29.0. The monoisotopic (exact) mass is 352 g/mol. The van der Waals surface area contributed by atoms with Crippen molar-refractivity contribution >= 4 is 23.6 Å². The number of carbonyl (C=O) groups excluding carboxylic acids is 1. The Labute approximate surface area is 143 Å². The lowest BCUT2D eigenvalue weighted by molar-refractivity contribution is -0.161. The van der Waals surface area contributed by atoms with Crippen molar-refractivity contribution in [2.24, 2.45) is 0 Å². The molecule has 2 heterocycles. The van der Waals surface area contributed by atoms with Gasteiger partial charge in [0, 0.05) is 11.2 Å². The van der Waals surface area contributed by atoms with Crippen molar-refractivity contribution in [1.82, 2.24) is 10.2 Å². The summed E-state index contributed by atoms with van der Waals surface area (Å²) in [5.74, 6) is -1.16. The third kappa shape index (κ3) is 2.85. The largest absolute Gasteiger partial charge is 0.508 e. The van der Waals surface area contributed by atoms with Gasteiger partial charge in [-0.3, -0.25) is 10.1 Å². The van der Waals surface area contributed by atoms with Crippen LogP contribution in [0.25, 0.3) is 0 Å². The van der Waals surface area contributed by atoms with Gasteiger partial charge in [0.2, 0.25) is 5.91 Å². The van der Waals surface area contributed by atoms with Gasteiger partial charge in [-0.05, 0) is 31.5 Å². The molecule has 130 valence electrons. The van der Waals surface area contributed by atoms with Gasteiger partial charge in [-0.15, -0.1) is 11.8 Å². The smallest absolute Gasteiger partial charge is 0.327 e. The van der Waals surface area contributed by atoms with Crippen LogP contribution >= 0.6 is 11.8 Å². The van der Waals surface area contributed by atoms with Crippen LogP contribution in [-0.4, -0.2) is 60.5 Å². The first kappa shape index (κ1) is 17.1. The van der Waals surface area contributed by atoms with Gasteiger partial charge in [-0.1, -0.05) is 12.1 Å². The van der Waals surface area contributed by atoms with Crippen LogP contribution in [0.1, 0.15) is 19.4 Å². The highest BCUT2D eigenvalue weighted by Gasteiger charge is 2.63. The summed E-state index contributed by atoms with van der Waals surface area (Å²) in [6.45, 7) is 3.62. The van der Waals surface area contributed by atoms with Crippen molar-refractivity contribution in [3.8, 4) is 5.75 Å². The fourth-order valence-electron chi connectivity index (χ4n) is 3.29. The average molecular weight is 352 g/mol. The van der Waals surface area contributed by atoms with Crippen molar-refractivity contribution in [2.75, 3.05) is 0 Å². The molecule has 1 aromatic carbocycles. The van der Waals surface area contributed by atoms with Gasteiger partial charge in [0.05, 0.1) is 0 Å². The molecule has 4 N–H and O–H groups in total. The summed E-state index contributed by atoms with van der Waals surface area (Å²) in [4.78, 5) is 25.2. The summed E-state index contributed by atoms with van der Waals surface area (Å²) in [7, 11) is 0. The molecule has 3 rings (SSSR count). The molecule has 2 aliphatic rings. The number of rotatable bonds is 5. The molecule has 1 aromatic rings. The van der Waals surface area contributed by atoms with Crippen LogP contribution in [0.2, 0.25) is 0 Å². The Bertz CT molecular complexity index is 663. The van der Waals surface area contributed by atoms with Crippen molar-refractivity contribution in [2.45, 2.75) is 48.7 Å². The molecule has 4 atom stereocenters. The molecule has 2 aliphatic heterocycles. The molecule has 0 saturated carbocycles. The predicted molar refractivity (Wildman–Crippen MR) is 88.5 cm³/mol. The summed E-state index contributed by atoms with van der Waals surface area (Å²) in [6, 6.07) is 5.01. The molecule has 7 nitrogen and oxygen atoms in total. The third-order valence-corrected chi connectivity index (χ3v) is 5.98. The Morgan fingerprint density at radius 1 is 1.38 bits per heavy atom. The minimum Gasteiger partial charge on any atom is -0.508 e. The first-order chi connectivity index (χ1) is 11.2. The number of aromatic hydroxyl groups is 1. The van der Waals surface area contributed by atoms with Gasteiger partial charge < -0.3 is 20.2 Å². The second-order valence-electron chi connectivity index (χ2n) is 6.63. The first-order valence-electron chi connectivity index (χ1n) is 7.65. The Morgan fingerprint density at radius 3 is 2.58 bits per heavy atom. The van der Waals surface area contributed by atoms with Crippen LogP contribution in [0.4, 0.5) is 0 Å². The Morgan fingerprint density at radius 2 is 2.00 bits per heavy atom. The molecule has 24 heavy (non-hydrogen) atoms. The lowest BCUT2D eigenvalue weighted by Gasteiger charge is -2.44. The lowest BCUT2D eigenvalue weighted by Crippen LogP contribution is -2.71. The van der Waals surface area contributed by atoms with Crippen LogP contribution in [0, 0.1) is 0 Å². The highest BCUT2D eigenvalue weighted by molar-refractivity contribution is 8.01. The Kier molecular flexibility index (Phi) is 4.23. The van der Waals surface area contributed by atoms with Crippen molar-refractivity contribution in [3.05, 3.63) is 29.8 Å². The number of phenols is 1. The summed E-state index contributed by atoms with van der Waals surface area (Å²) in [5.41, 5.74) is 0.819. The van der Waals surface area contributed by atoms with E-state index in [0.717, 1.165) is 5.56 Å². The molecule has 1 amide bonds. The zero-order valence-corrected chi connectivity index (χ0v) is 14.2. The van der Waals surface area contributed by atoms with Crippen LogP contribution in [-0.2, 0) is 16.0 Å². The van der Waals surface area contributed by atoms with Gasteiger partial charge in [0.25, 0.3) is 0 Å². The molecular weight excluding hydrogens is 332 g/mol. The number of aliphatic hydroxyl groups is 1. The Balaban J connectivity index is 1.64. The topological polar surface area (TPSA) is 110 Å². The fourth-order valence-corrected chi connectivity index (χ4v) is 4.92. The van der Waals surface area contributed by atoms with Gasteiger partial charge in [0.15, 0.2) is 0 Å². The Hall–Kier alpha value is -1.77. The maximum atomic E-state index is 12.3. The number of carboxylic acid groups (broad SMARTS) is 1. The molecule has 2 saturated heterocycles. The summed E-state index contributed by atoms with van der Waals surface area (Å²) >= 11 is 1.43. The number of hydrogen-bond acceptors (Lipinski definition) is 6. The summed E-state index contributed by atoms with van der Waals surface area (Å²) in [5, 5.41) is 31.4. The number of nitrogens with zero attached hydrogens (tertiary/aromatic N) is 1. The molecular formula is C16H20N2O5S. The quantitative estimate of drug-likeness (QED) is 0.447. The van der Waals surface area contributed by atoms with Crippen LogP contribution in [0.15, 0.2) is 24.3 Å². The number of carbonyl (C=O) groups is 2. The van der Waals surface area contributed by atoms with Gasteiger partial charge in [-0.2, -0.15) is 0 Å². The fraction of sp³-hybridized carbons (Fsp3) is 0.500. The van der Waals surface area contributed by atoms with Crippen molar-refractivity contribution < 1.29 is 24.9 Å². The number of carboxylic acids is 1. The minimum atomic E-state index is -1.01. The third-order valence-electron chi connectivity index (χ3n) is 4.41. The highest BCUT2D eigenvalue weighted by Crippen LogP contribution is 2.50. The molecule has 0 aromatic heterocycles. The van der Waals surface area contributed by atoms with E-state index in [1.54, 1.807) is 12.1 Å².